The topological polar surface area (TPSA) is 75.3 Å². The van der Waals surface area contributed by atoms with Crippen LogP contribution < -0.4 is 5.56 Å². The Hall–Kier alpha value is -4.60. The fourth-order valence-corrected chi connectivity index (χ4v) is 4.37. The highest BCUT2D eigenvalue weighted by molar-refractivity contribution is 7.10. The zero-order valence-corrected chi connectivity index (χ0v) is 19.6. The number of fused-ring (bicyclic) bond motifs is 1. The van der Waals surface area contributed by atoms with E-state index >= 15 is 0 Å². The molecule has 0 bridgehead atoms. The highest BCUT2D eigenvalue weighted by Crippen LogP contribution is 2.25. The third kappa shape index (κ3) is 4.58. The first-order valence-corrected chi connectivity index (χ1v) is 11.8. The first-order valence-electron chi connectivity index (χ1n) is 10.9. The molecule has 0 unspecified atom stereocenters. The number of aromatic hydroxyl groups is 2. The lowest BCUT2D eigenvalue weighted by atomic mass is 10.1. The Labute approximate surface area is 205 Å². The van der Waals surface area contributed by atoms with Crippen LogP contribution >= 0.6 is 11.3 Å². The minimum atomic E-state index is -0.198. The molecule has 0 radical (unpaired) electrons. The summed E-state index contributed by atoms with van der Waals surface area (Å²) in [4.78, 5) is 19.3. The van der Waals surface area contributed by atoms with Gasteiger partial charge in [0.2, 0.25) is 0 Å². The van der Waals surface area contributed by atoms with Gasteiger partial charge in [-0.05, 0) is 84.6 Å². The van der Waals surface area contributed by atoms with E-state index in [1.807, 2.05) is 54.8 Å². The molecule has 0 saturated carbocycles. The minimum Gasteiger partial charge on any atom is -0.508 e. The summed E-state index contributed by atoms with van der Waals surface area (Å²) in [5.74, 6) is 6.77. The molecule has 0 amide bonds. The van der Waals surface area contributed by atoms with E-state index in [1.165, 1.54) is 18.2 Å². The molecule has 6 heteroatoms. The number of nitrogens with zero attached hydrogens (tertiary/aromatic N) is 2. The van der Waals surface area contributed by atoms with Crippen LogP contribution in [0.2, 0.25) is 0 Å². The Bertz CT molecular complexity index is 1700. The molecule has 0 aliphatic rings. The van der Waals surface area contributed by atoms with Crippen LogP contribution in [0.3, 0.4) is 0 Å². The van der Waals surface area contributed by atoms with E-state index in [1.54, 1.807) is 40.2 Å². The third-order valence-corrected chi connectivity index (χ3v) is 6.30. The van der Waals surface area contributed by atoms with Gasteiger partial charge in [0, 0.05) is 11.1 Å². The van der Waals surface area contributed by atoms with Gasteiger partial charge in [-0.15, -0.1) is 11.3 Å². The Morgan fingerprint density at radius 2 is 1.80 bits per heavy atom. The quantitative estimate of drug-likeness (QED) is 0.257. The number of thiophene rings is 1. The van der Waals surface area contributed by atoms with Crippen LogP contribution in [-0.4, -0.2) is 19.8 Å². The van der Waals surface area contributed by atoms with Crippen LogP contribution in [0.25, 0.3) is 28.7 Å². The molecule has 0 fully saturated rings. The van der Waals surface area contributed by atoms with Crippen molar-refractivity contribution in [1.82, 2.24) is 9.55 Å². The molecule has 5 nitrogen and oxygen atoms in total. The first-order chi connectivity index (χ1) is 17.0. The summed E-state index contributed by atoms with van der Waals surface area (Å²) in [7, 11) is 0. The predicted molar refractivity (Wildman–Crippen MR) is 141 cm³/mol. The molecule has 5 aromatic rings. The molecular weight excluding hydrogens is 456 g/mol. The number of para-hydroxylation sites is 1. The zero-order chi connectivity index (χ0) is 24.4. The van der Waals surface area contributed by atoms with Gasteiger partial charge in [-0.1, -0.05) is 30.0 Å². The number of phenolic OH excluding ortho intramolecular Hbond substituents is 2. The summed E-state index contributed by atoms with van der Waals surface area (Å²) in [5, 5.41) is 22.4. The van der Waals surface area contributed by atoms with Crippen LogP contribution in [0.5, 0.6) is 11.5 Å². The van der Waals surface area contributed by atoms with Crippen molar-refractivity contribution >= 4 is 34.4 Å². The molecule has 5 rings (SSSR count). The Morgan fingerprint density at radius 1 is 0.943 bits per heavy atom. The lowest BCUT2D eigenvalue weighted by molar-refractivity contribution is 0.459. The average Bonchev–Trinajstić information content (AvgIpc) is 3.38. The fraction of sp³-hybridized carbons (Fsp3) is 0.0345. The highest BCUT2D eigenvalue weighted by Gasteiger charge is 2.13. The number of hydrogen-bond acceptors (Lipinski definition) is 5. The smallest absolute Gasteiger partial charge is 0.266 e. The van der Waals surface area contributed by atoms with E-state index in [4.69, 9.17) is 4.98 Å². The van der Waals surface area contributed by atoms with Gasteiger partial charge in [-0.3, -0.25) is 9.36 Å². The van der Waals surface area contributed by atoms with Gasteiger partial charge in [0.25, 0.3) is 5.56 Å². The van der Waals surface area contributed by atoms with Crippen LogP contribution in [0.15, 0.2) is 83.0 Å². The number of hydrogen-bond donors (Lipinski definition) is 2. The number of aryl methyl sites for hydroxylation is 1. The lowest BCUT2D eigenvalue weighted by Gasteiger charge is -2.14. The van der Waals surface area contributed by atoms with Crippen molar-refractivity contribution in [3.8, 4) is 29.0 Å². The summed E-state index contributed by atoms with van der Waals surface area (Å²) in [6.45, 7) is 1.93. The Kier molecular flexibility index (Phi) is 5.92. The van der Waals surface area contributed by atoms with E-state index < -0.39 is 0 Å². The summed E-state index contributed by atoms with van der Waals surface area (Å²) < 4.78 is 1.56. The molecule has 3 aromatic carbocycles. The van der Waals surface area contributed by atoms with Gasteiger partial charge >= 0.3 is 0 Å². The van der Waals surface area contributed by atoms with E-state index in [2.05, 4.69) is 11.8 Å². The lowest BCUT2D eigenvalue weighted by Crippen LogP contribution is -2.23. The van der Waals surface area contributed by atoms with Crippen LogP contribution in [0.1, 0.15) is 27.4 Å². The van der Waals surface area contributed by atoms with Crippen LogP contribution in [0.4, 0.5) is 0 Å². The highest BCUT2D eigenvalue weighted by atomic mass is 32.1. The van der Waals surface area contributed by atoms with E-state index in [9.17, 15) is 15.0 Å². The first kappa shape index (κ1) is 22.2. The summed E-state index contributed by atoms with van der Waals surface area (Å²) in [5.41, 5.74) is 3.20. The second kappa shape index (κ2) is 9.34. The predicted octanol–water partition coefficient (Wildman–Crippen LogP) is 5.74. The van der Waals surface area contributed by atoms with Gasteiger partial charge in [0.05, 0.1) is 21.5 Å². The fourth-order valence-electron chi connectivity index (χ4n) is 3.80. The minimum absolute atomic E-state index is 0.0126. The van der Waals surface area contributed by atoms with Crippen molar-refractivity contribution in [1.29, 1.82) is 0 Å². The summed E-state index contributed by atoms with van der Waals surface area (Å²) in [6.07, 6.45) is 3.28. The Balaban J connectivity index is 1.65. The maximum atomic E-state index is 13.6. The second-order valence-electron chi connectivity index (χ2n) is 7.93. The molecule has 2 aromatic heterocycles. The van der Waals surface area contributed by atoms with Gasteiger partial charge < -0.3 is 10.2 Å². The van der Waals surface area contributed by atoms with Crippen molar-refractivity contribution < 1.29 is 10.2 Å². The van der Waals surface area contributed by atoms with Gasteiger partial charge in [-0.2, -0.15) is 0 Å². The van der Waals surface area contributed by atoms with Crippen molar-refractivity contribution in [3.63, 3.8) is 0 Å². The third-order valence-electron chi connectivity index (χ3n) is 5.51. The number of aromatic nitrogens is 2. The molecule has 170 valence electrons. The number of benzene rings is 3. The Morgan fingerprint density at radius 3 is 2.60 bits per heavy atom. The molecular formula is C29H20N2O3S. The largest absolute Gasteiger partial charge is 0.508 e. The normalized spacial score (nSPS) is 11.0. The van der Waals surface area contributed by atoms with E-state index in [0.717, 1.165) is 16.0 Å². The van der Waals surface area contributed by atoms with Crippen molar-refractivity contribution in [2.45, 2.75) is 6.92 Å². The summed E-state index contributed by atoms with van der Waals surface area (Å²) >= 11 is 1.59. The molecule has 2 N–H and O–H groups in total. The second-order valence-corrected chi connectivity index (χ2v) is 8.88. The van der Waals surface area contributed by atoms with Crippen molar-refractivity contribution in [2.75, 3.05) is 0 Å². The van der Waals surface area contributed by atoms with Crippen molar-refractivity contribution in [3.05, 3.63) is 116 Å². The molecule has 0 aliphatic heterocycles. The van der Waals surface area contributed by atoms with Gasteiger partial charge in [0.1, 0.15) is 17.3 Å². The van der Waals surface area contributed by atoms with Gasteiger partial charge in [0.15, 0.2) is 0 Å². The monoisotopic (exact) mass is 476 g/mol. The maximum Gasteiger partial charge on any atom is 0.266 e. The molecule has 35 heavy (non-hydrogen) atoms. The zero-order valence-electron chi connectivity index (χ0n) is 18.8. The number of phenols is 2. The van der Waals surface area contributed by atoms with Crippen molar-refractivity contribution in [2.24, 2.45) is 0 Å². The molecule has 2 heterocycles. The molecule has 0 saturated heterocycles. The van der Waals surface area contributed by atoms with E-state index in [0.29, 0.717) is 28.0 Å². The van der Waals surface area contributed by atoms with E-state index in [-0.39, 0.29) is 17.1 Å². The van der Waals surface area contributed by atoms with Gasteiger partial charge in [-0.25, -0.2) is 4.98 Å². The standard InChI is InChI=1S/C29H20N2O3S/c1-19-17-20(8-12-23-5-4-16-35-23)9-13-26(19)31-28(15-10-21-18-22(32)11-14-27(21)33)30-25-7-3-2-6-24(25)29(31)34/h2-7,9-11,13-18,32-33H,1H3/b15-10+. The maximum absolute atomic E-state index is 13.6. The SMILES string of the molecule is Cc1cc(C#Cc2cccs2)ccc1-n1c(/C=C/c2cc(O)ccc2O)nc2ccccc2c1=O. The van der Waals surface area contributed by atoms with Crippen LogP contribution in [-0.2, 0) is 0 Å². The average molecular weight is 477 g/mol. The van der Waals surface area contributed by atoms with Crippen LogP contribution in [0, 0.1) is 18.8 Å². The molecule has 0 atom stereocenters. The molecule has 0 spiro atoms. The summed E-state index contributed by atoms with van der Waals surface area (Å²) in [6, 6.07) is 21.1. The molecule has 0 aliphatic carbocycles. The number of rotatable bonds is 3.